The molecule has 0 radical (unpaired) electrons. The summed E-state index contributed by atoms with van der Waals surface area (Å²) < 4.78 is 0. The summed E-state index contributed by atoms with van der Waals surface area (Å²) >= 11 is 0. The molecule has 0 unspecified atom stereocenters. The molecule has 1 heterocycles. The van der Waals surface area contributed by atoms with Crippen LogP contribution < -0.4 is 10.6 Å². The number of piperazine rings is 1. The lowest BCUT2D eigenvalue weighted by Crippen LogP contribution is -2.48. The second-order valence-electron chi connectivity index (χ2n) is 8.19. The van der Waals surface area contributed by atoms with Crippen LogP contribution in [0.1, 0.15) is 38.1 Å². The Hall–Kier alpha value is -1.59. The van der Waals surface area contributed by atoms with Gasteiger partial charge in [0.1, 0.15) is 0 Å². The fraction of sp³-hybridized carbons (Fsp3) is 0.650. The van der Waals surface area contributed by atoms with E-state index in [-0.39, 0.29) is 11.3 Å². The zero-order chi connectivity index (χ0) is 18.6. The SMILES string of the molecule is CC(C)N1CCN(c2ccc(C(=O)N(C)CC(C)(C)CN)cc2)CC1. The molecule has 0 saturated carbocycles. The second-order valence-corrected chi connectivity index (χ2v) is 8.19. The summed E-state index contributed by atoms with van der Waals surface area (Å²) in [5, 5.41) is 0. The molecule has 0 aromatic heterocycles. The monoisotopic (exact) mass is 346 g/mol. The molecule has 0 spiro atoms. The van der Waals surface area contributed by atoms with Crippen molar-refractivity contribution in [3.05, 3.63) is 29.8 Å². The van der Waals surface area contributed by atoms with E-state index < -0.39 is 0 Å². The number of nitrogens with zero attached hydrogens (tertiary/aromatic N) is 3. The number of benzene rings is 1. The Morgan fingerprint density at radius 2 is 1.72 bits per heavy atom. The van der Waals surface area contributed by atoms with E-state index in [4.69, 9.17) is 5.73 Å². The molecule has 25 heavy (non-hydrogen) atoms. The molecular formula is C20H34N4O. The van der Waals surface area contributed by atoms with Crippen molar-refractivity contribution in [3.63, 3.8) is 0 Å². The van der Waals surface area contributed by atoms with Gasteiger partial charge in [0.15, 0.2) is 0 Å². The number of hydrogen-bond acceptors (Lipinski definition) is 4. The zero-order valence-electron chi connectivity index (χ0n) is 16.5. The van der Waals surface area contributed by atoms with Crippen LogP contribution in [0.5, 0.6) is 0 Å². The molecule has 1 aliphatic rings. The van der Waals surface area contributed by atoms with E-state index in [0.717, 1.165) is 31.7 Å². The van der Waals surface area contributed by atoms with Crippen LogP contribution in [0.4, 0.5) is 5.69 Å². The molecule has 0 aliphatic carbocycles. The molecule has 2 rings (SSSR count). The first-order valence-corrected chi connectivity index (χ1v) is 9.28. The highest BCUT2D eigenvalue weighted by molar-refractivity contribution is 5.94. The third-order valence-corrected chi connectivity index (χ3v) is 5.09. The van der Waals surface area contributed by atoms with Gasteiger partial charge < -0.3 is 15.5 Å². The summed E-state index contributed by atoms with van der Waals surface area (Å²) in [5.41, 5.74) is 7.64. The van der Waals surface area contributed by atoms with E-state index in [1.54, 1.807) is 4.90 Å². The van der Waals surface area contributed by atoms with Gasteiger partial charge in [-0.3, -0.25) is 9.69 Å². The number of nitrogens with two attached hydrogens (primary N) is 1. The molecule has 140 valence electrons. The van der Waals surface area contributed by atoms with Gasteiger partial charge in [-0.05, 0) is 50.1 Å². The lowest BCUT2D eigenvalue weighted by Gasteiger charge is -2.38. The summed E-state index contributed by atoms with van der Waals surface area (Å²) in [6.45, 7) is 14.1. The third-order valence-electron chi connectivity index (χ3n) is 5.09. The largest absolute Gasteiger partial charge is 0.369 e. The van der Waals surface area contributed by atoms with Gasteiger partial charge in [-0.15, -0.1) is 0 Å². The molecule has 1 aromatic rings. The first-order valence-electron chi connectivity index (χ1n) is 9.28. The summed E-state index contributed by atoms with van der Waals surface area (Å²) in [6, 6.07) is 8.63. The second kappa shape index (κ2) is 8.19. The average molecular weight is 347 g/mol. The predicted molar refractivity (Wildman–Crippen MR) is 105 cm³/mol. The Morgan fingerprint density at radius 3 is 2.20 bits per heavy atom. The fourth-order valence-electron chi connectivity index (χ4n) is 3.31. The third kappa shape index (κ3) is 5.19. The van der Waals surface area contributed by atoms with E-state index in [9.17, 15) is 4.79 Å². The van der Waals surface area contributed by atoms with Crippen molar-refractivity contribution in [2.24, 2.45) is 11.1 Å². The van der Waals surface area contributed by atoms with Crippen LogP contribution in [0.15, 0.2) is 24.3 Å². The van der Waals surface area contributed by atoms with Crippen molar-refractivity contribution < 1.29 is 4.79 Å². The first-order chi connectivity index (χ1) is 11.7. The van der Waals surface area contributed by atoms with Crippen LogP contribution >= 0.6 is 0 Å². The molecule has 5 heteroatoms. The summed E-state index contributed by atoms with van der Waals surface area (Å²) in [7, 11) is 1.85. The van der Waals surface area contributed by atoms with Crippen LogP contribution in [0.3, 0.4) is 0 Å². The molecule has 1 fully saturated rings. The smallest absolute Gasteiger partial charge is 0.253 e. The normalized spacial score (nSPS) is 16.4. The predicted octanol–water partition coefficient (Wildman–Crippen LogP) is 2.27. The molecule has 1 aromatic carbocycles. The van der Waals surface area contributed by atoms with E-state index in [1.807, 2.05) is 19.2 Å². The minimum absolute atomic E-state index is 0.0534. The van der Waals surface area contributed by atoms with Crippen molar-refractivity contribution in [3.8, 4) is 0 Å². The molecule has 1 aliphatic heterocycles. The number of carbonyl (C=O) groups excluding carboxylic acids is 1. The minimum atomic E-state index is -0.0690. The van der Waals surface area contributed by atoms with Gasteiger partial charge in [-0.2, -0.15) is 0 Å². The standard InChI is InChI=1S/C20H34N4O/c1-16(2)23-10-12-24(13-11-23)18-8-6-17(7-9-18)19(25)22(5)15-20(3,4)14-21/h6-9,16H,10-15,21H2,1-5H3. The van der Waals surface area contributed by atoms with Crippen LogP contribution in [-0.4, -0.2) is 68.1 Å². The molecule has 2 N–H and O–H groups in total. The number of amides is 1. The van der Waals surface area contributed by atoms with E-state index in [1.165, 1.54) is 5.69 Å². The Bertz CT molecular complexity index is 560. The van der Waals surface area contributed by atoms with Gasteiger partial charge in [0, 0.05) is 57.1 Å². The molecule has 5 nitrogen and oxygen atoms in total. The summed E-state index contributed by atoms with van der Waals surface area (Å²) in [4.78, 5) is 19.3. The number of hydrogen-bond donors (Lipinski definition) is 1. The molecular weight excluding hydrogens is 312 g/mol. The van der Waals surface area contributed by atoms with E-state index in [2.05, 4.69) is 49.6 Å². The fourth-order valence-corrected chi connectivity index (χ4v) is 3.31. The van der Waals surface area contributed by atoms with Gasteiger partial charge in [0.2, 0.25) is 0 Å². The van der Waals surface area contributed by atoms with Crippen molar-refractivity contribution in [1.29, 1.82) is 0 Å². The average Bonchev–Trinajstić information content (AvgIpc) is 2.61. The lowest BCUT2D eigenvalue weighted by atomic mass is 9.93. The van der Waals surface area contributed by atoms with Crippen molar-refractivity contribution >= 4 is 11.6 Å². The maximum absolute atomic E-state index is 12.6. The van der Waals surface area contributed by atoms with Gasteiger partial charge in [0.25, 0.3) is 5.91 Å². The Balaban J connectivity index is 1.97. The Labute approximate surface area is 152 Å². The molecule has 0 bridgehead atoms. The van der Waals surface area contributed by atoms with Crippen molar-refractivity contribution in [1.82, 2.24) is 9.80 Å². The lowest BCUT2D eigenvalue weighted by molar-refractivity contribution is 0.0740. The van der Waals surface area contributed by atoms with Crippen molar-refractivity contribution in [2.45, 2.75) is 33.7 Å². The Morgan fingerprint density at radius 1 is 1.16 bits per heavy atom. The summed E-state index contributed by atoms with van der Waals surface area (Å²) in [5.74, 6) is 0.0534. The topological polar surface area (TPSA) is 52.8 Å². The van der Waals surface area contributed by atoms with E-state index in [0.29, 0.717) is 19.1 Å². The van der Waals surface area contributed by atoms with Gasteiger partial charge in [-0.1, -0.05) is 13.8 Å². The number of rotatable bonds is 6. The van der Waals surface area contributed by atoms with Crippen molar-refractivity contribution in [2.75, 3.05) is 51.2 Å². The quantitative estimate of drug-likeness (QED) is 0.858. The maximum Gasteiger partial charge on any atom is 0.253 e. The van der Waals surface area contributed by atoms with Crippen LogP contribution in [0.25, 0.3) is 0 Å². The van der Waals surface area contributed by atoms with Gasteiger partial charge in [0.05, 0.1) is 0 Å². The Kier molecular flexibility index (Phi) is 6.47. The number of carbonyl (C=O) groups is 1. The van der Waals surface area contributed by atoms with Crippen LogP contribution in [-0.2, 0) is 0 Å². The number of anilines is 1. The molecule has 1 saturated heterocycles. The van der Waals surface area contributed by atoms with Gasteiger partial charge in [-0.25, -0.2) is 0 Å². The molecule has 0 atom stereocenters. The minimum Gasteiger partial charge on any atom is -0.369 e. The van der Waals surface area contributed by atoms with Crippen LogP contribution in [0, 0.1) is 5.41 Å². The molecule has 1 amide bonds. The maximum atomic E-state index is 12.6. The highest BCUT2D eigenvalue weighted by Gasteiger charge is 2.23. The van der Waals surface area contributed by atoms with Crippen LogP contribution in [0.2, 0.25) is 0 Å². The van der Waals surface area contributed by atoms with Gasteiger partial charge >= 0.3 is 0 Å². The highest BCUT2D eigenvalue weighted by Crippen LogP contribution is 2.20. The first kappa shape index (κ1) is 19.7. The highest BCUT2D eigenvalue weighted by atomic mass is 16.2. The summed E-state index contributed by atoms with van der Waals surface area (Å²) in [6.07, 6.45) is 0. The zero-order valence-corrected chi connectivity index (χ0v) is 16.5. The van der Waals surface area contributed by atoms with E-state index >= 15 is 0 Å².